The summed E-state index contributed by atoms with van der Waals surface area (Å²) in [5, 5.41) is 12.6. The molecule has 1 aromatic heterocycles. The minimum absolute atomic E-state index is 0.0516. The Balaban J connectivity index is 1.98. The minimum atomic E-state index is -1.05. The van der Waals surface area contributed by atoms with Crippen molar-refractivity contribution in [3.8, 4) is 0 Å². The molecule has 1 atom stereocenters. The first-order valence-electron chi connectivity index (χ1n) is 5.47. The molecule has 0 unspecified atom stereocenters. The molecule has 1 saturated carbocycles. The molecule has 92 valence electrons. The summed E-state index contributed by atoms with van der Waals surface area (Å²) in [6.07, 6.45) is 2.46. The molecule has 5 nitrogen and oxygen atoms in total. The zero-order valence-corrected chi connectivity index (χ0v) is 10.6. The van der Waals surface area contributed by atoms with Gasteiger partial charge in [-0.05, 0) is 35.6 Å². The standard InChI is InChI=1S/C10H12ClN3O2S/c11-9-12-6-1-4-17(16)7(6)8(13-9)14-10(5-15)2-3-10/h15H,1-5H2,(H,12,13,14)/t17-/m1/s1. The molecule has 2 N–H and O–H groups in total. The Morgan fingerprint density at radius 3 is 2.88 bits per heavy atom. The monoisotopic (exact) mass is 273 g/mol. The number of fused-ring (bicyclic) bond motifs is 1. The van der Waals surface area contributed by atoms with E-state index in [1.807, 2.05) is 0 Å². The fourth-order valence-electron chi connectivity index (χ4n) is 1.98. The summed E-state index contributed by atoms with van der Waals surface area (Å²) >= 11 is 4.79. The quantitative estimate of drug-likeness (QED) is 0.627. The van der Waals surface area contributed by atoms with Gasteiger partial charge in [0.2, 0.25) is 10.2 Å². The second kappa shape index (κ2) is 3.98. The van der Waals surface area contributed by atoms with E-state index in [0.29, 0.717) is 22.9 Å². The first-order valence-corrected chi connectivity index (χ1v) is 7.17. The number of anilines is 1. The van der Waals surface area contributed by atoms with Crippen LogP contribution in [-0.4, -0.2) is 37.5 Å². The molecule has 0 saturated heterocycles. The molecule has 0 amide bonds. The van der Waals surface area contributed by atoms with Gasteiger partial charge in [0.1, 0.15) is 11.4 Å². The fraction of sp³-hybridized carbons (Fsp3) is 0.600. The molecule has 0 radical (unpaired) electrons. The van der Waals surface area contributed by atoms with Crippen molar-refractivity contribution in [2.75, 3.05) is 17.7 Å². The van der Waals surface area contributed by atoms with Gasteiger partial charge in [-0.2, -0.15) is 4.98 Å². The van der Waals surface area contributed by atoms with Gasteiger partial charge in [0, 0.05) is 6.42 Å². The zero-order valence-electron chi connectivity index (χ0n) is 9.07. The lowest BCUT2D eigenvalue weighted by molar-refractivity contribution is 0.265. The van der Waals surface area contributed by atoms with E-state index >= 15 is 0 Å². The largest absolute Gasteiger partial charge is 0.611 e. The minimum Gasteiger partial charge on any atom is -0.611 e. The molecule has 1 fully saturated rings. The Morgan fingerprint density at radius 2 is 2.24 bits per heavy atom. The third-order valence-electron chi connectivity index (χ3n) is 3.20. The average molecular weight is 274 g/mol. The molecule has 2 heterocycles. The van der Waals surface area contributed by atoms with Crippen LogP contribution >= 0.6 is 11.6 Å². The van der Waals surface area contributed by atoms with E-state index in [2.05, 4.69) is 15.3 Å². The molecule has 1 aliphatic heterocycles. The summed E-state index contributed by atoms with van der Waals surface area (Å²) < 4.78 is 11.9. The molecule has 0 bridgehead atoms. The number of aliphatic hydroxyl groups excluding tert-OH is 1. The van der Waals surface area contributed by atoms with Crippen LogP contribution in [0.5, 0.6) is 0 Å². The molecule has 1 aliphatic carbocycles. The lowest BCUT2D eigenvalue weighted by atomic mass is 10.2. The zero-order chi connectivity index (χ0) is 12.0. The van der Waals surface area contributed by atoms with Gasteiger partial charge >= 0.3 is 0 Å². The average Bonchev–Trinajstić information content (AvgIpc) is 2.97. The summed E-state index contributed by atoms with van der Waals surface area (Å²) in [4.78, 5) is 8.87. The van der Waals surface area contributed by atoms with Gasteiger partial charge in [-0.15, -0.1) is 0 Å². The highest BCUT2D eigenvalue weighted by atomic mass is 35.5. The maximum atomic E-state index is 11.9. The highest BCUT2D eigenvalue weighted by Crippen LogP contribution is 2.41. The number of halogens is 1. The van der Waals surface area contributed by atoms with E-state index in [1.54, 1.807) is 0 Å². The van der Waals surface area contributed by atoms with Crippen molar-refractivity contribution in [2.24, 2.45) is 0 Å². The molecule has 0 spiro atoms. The normalized spacial score (nSPS) is 24.5. The van der Waals surface area contributed by atoms with E-state index in [1.165, 1.54) is 0 Å². The van der Waals surface area contributed by atoms with Crippen LogP contribution < -0.4 is 5.32 Å². The number of rotatable bonds is 3. The highest BCUT2D eigenvalue weighted by molar-refractivity contribution is 7.91. The summed E-state index contributed by atoms with van der Waals surface area (Å²) in [5.74, 6) is 1.10. The summed E-state index contributed by atoms with van der Waals surface area (Å²) in [6.45, 7) is 0.0516. The molecular formula is C10H12ClN3O2S. The number of hydrogen-bond donors (Lipinski definition) is 2. The van der Waals surface area contributed by atoms with Gasteiger partial charge in [0.05, 0.1) is 12.1 Å². The Labute approximate surface area is 107 Å². The van der Waals surface area contributed by atoms with Gasteiger partial charge < -0.3 is 15.0 Å². The number of hydrogen-bond acceptors (Lipinski definition) is 5. The second-order valence-corrected chi connectivity index (χ2v) is 6.33. The third kappa shape index (κ3) is 1.99. The molecule has 7 heteroatoms. The molecule has 3 rings (SSSR count). The van der Waals surface area contributed by atoms with E-state index in [0.717, 1.165) is 18.5 Å². The maximum absolute atomic E-state index is 11.9. The summed E-state index contributed by atoms with van der Waals surface area (Å²) in [5.41, 5.74) is 0.470. The van der Waals surface area contributed by atoms with Gasteiger partial charge in [-0.1, -0.05) is 0 Å². The lowest BCUT2D eigenvalue weighted by Gasteiger charge is -2.17. The van der Waals surface area contributed by atoms with Crippen LogP contribution in [0.4, 0.5) is 5.82 Å². The van der Waals surface area contributed by atoms with E-state index in [-0.39, 0.29) is 17.4 Å². The van der Waals surface area contributed by atoms with Crippen LogP contribution in [0.25, 0.3) is 0 Å². The van der Waals surface area contributed by atoms with E-state index in [4.69, 9.17) is 11.6 Å². The maximum Gasteiger partial charge on any atom is 0.224 e. The Bertz CT molecular complexity index is 467. The molecule has 1 aromatic rings. The number of nitrogens with zero attached hydrogens (tertiary/aromatic N) is 2. The first-order chi connectivity index (χ1) is 8.13. The topological polar surface area (TPSA) is 81.1 Å². The molecular weight excluding hydrogens is 262 g/mol. The van der Waals surface area contributed by atoms with Crippen molar-refractivity contribution in [3.63, 3.8) is 0 Å². The lowest BCUT2D eigenvalue weighted by Crippen LogP contribution is -2.27. The molecule has 17 heavy (non-hydrogen) atoms. The highest BCUT2D eigenvalue weighted by Gasteiger charge is 2.44. The van der Waals surface area contributed by atoms with Gasteiger partial charge in [0.15, 0.2) is 5.82 Å². The van der Waals surface area contributed by atoms with Gasteiger partial charge in [0.25, 0.3) is 0 Å². The van der Waals surface area contributed by atoms with Crippen molar-refractivity contribution >= 4 is 28.6 Å². The molecule has 2 aliphatic rings. The summed E-state index contributed by atoms with van der Waals surface area (Å²) in [6, 6.07) is 0. The number of aryl methyl sites for hydroxylation is 1. The Hall–Kier alpha value is -0.560. The van der Waals surface area contributed by atoms with Gasteiger partial charge in [-0.25, -0.2) is 4.98 Å². The van der Waals surface area contributed by atoms with Crippen molar-refractivity contribution < 1.29 is 9.66 Å². The second-order valence-electron chi connectivity index (χ2n) is 4.48. The van der Waals surface area contributed by atoms with Crippen LogP contribution in [0, 0.1) is 0 Å². The van der Waals surface area contributed by atoms with E-state index in [9.17, 15) is 9.66 Å². The smallest absolute Gasteiger partial charge is 0.224 e. The SMILES string of the molecule is [O-][S@+]1CCc2nc(Cl)nc(NC3(CO)CC3)c21. The van der Waals surface area contributed by atoms with Crippen molar-refractivity contribution in [1.82, 2.24) is 9.97 Å². The van der Waals surface area contributed by atoms with Crippen LogP contribution in [-0.2, 0) is 17.6 Å². The fourth-order valence-corrected chi connectivity index (χ4v) is 3.47. The van der Waals surface area contributed by atoms with E-state index < -0.39 is 11.2 Å². The van der Waals surface area contributed by atoms with Crippen molar-refractivity contribution in [1.29, 1.82) is 0 Å². The van der Waals surface area contributed by atoms with Crippen LogP contribution in [0.15, 0.2) is 4.90 Å². The summed E-state index contributed by atoms with van der Waals surface area (Å²) in [7, 11) is 0. The Morgan fingerprint density at radius 1 is 1.47 bits per heavy atom. The van der Waals surface area contributed by atoms with Crippen LogP contribution in [0.2, 0.25) is 5.28 Å². The van der Waals surface area contributed by atoms with Crippen LogP contribution in [0.1, 0.15) is 18.5 Å². The van der Waals surface area contributed by atoms with Crippen molar-refractivity contribution in [2.45, 2.75) is 29.7 Å². The van der Waals surface area contributed by atoms with Crippen molar-refractivity contribution in [3.05, 3.63) is 11.0 Å². The Kier molecular flexibility index (Phi) is 2.70. The number of nitrogens with one attached hydrogen (secondary N) is 1. The van der Waals surface area contributed by atoms with Crippen LogP contribution in [0.3, 0.4) is 0 Å². The van der Waals surface area contributed by atoms with Gasteiger partial charge in [-0.3, -0.25) is 0 Å². The predicted octanol–water partition coefficient (Wildman–Crippen LogP) is 0.730. The predicted molar refractivity (Wildman–Crippen MR) is 64.7 cm³/mol. The molecule has 0 aromatic carbocycles. The number of aromatic nitrogens is 2. The first kappa shape index (κ1) is 11.5. The third-order valence-corrected chi connectivity index (χ3v) is 4.83. The number of aliphatic hydroxyl groups is 1.